The molecule has 1 atom stereocenters. The molecule has 0 radical (unpaired) electrons. The van der Waals surface area contributed by atoms with Gasteiger partial charge in [0.1, 0.15) is 5.82 Å². The fraction of sp³-hybridized carbons (Fsp3) is 0.533. The lowest BCUT2D eigenvalue weighted by Crippen LogP contribution is -2.54. The number of carbonyl (C=O) groups excluding carboxylic acids is 1. The predicted molar refractivity (Wildman–Crippen MR) is 92.5 cm³/mol. The topological polar surface area (TPSA) is 49.6 Å². The van der Waals surface area contributed by atoms with E-state index in [-0.39, 0.29) is 42.5 Å². The highest BCUT2D eigenvalue weighted by molar-refractivity contribution is 5.85. The van der Waals surface area contributed by atoms with Crippen LogP contribution < -0.4 is 10.6 Å². The average molecular weight is 352 g/mol. The number of hydrogen-bond acceptors (Lipinski definition) is 3. The summed E-state index contributed by atoms with van der Waals surface area (Å²) in [6, 6.07) is 6.04. The lowest BCUT2D eigenvalue weighted by molar-refractivity contribution is -0.133. The van der Waals surface area contributed by atoms with Crippen molar-refractivity contribution >= 4 is 36.4 Å². The quantitative estimate of drug-likeness (QED) is 0.908. The zero-order valence-corrected chi connectivity index (χ0v) is 14.5. The van der Waals surface area contributed by atoms with Crippen molar-refractivity contribution in [1.82, 2.24) is 4.90 Å². The molecule has 1 saturated heterocycles. The van der Waals surface area contributed by atoms with Crippen LogP contribution >= 0.6 is 24.8 Å². The first-order valence-corrected chi connectivity index (χ1v) is 7.04. The normalized spacial score (nSPS) is 15.9. The first kappa shape index (κ1) is 21.0. The van der Waals surface area contributed by atoms with Crippen molar-refractivity contribution in [3.05, 3.63) is 30.1 Å². The molecular weight excluding hydrogens is 328 g/mol. The van der Waals surface area contributed by atoms with Crippen LogP contribution in [0.2, 0.25) is 0 Å². The van der Waals surface area contributed by atoms with Crippen LogP contribution in [-0.4, -0.2) is 43.0 Å². The summed E-state index contributed by atoms with van der Waals surface area (Å²) in [7, 11) is 0. The van der Waals surface area contributed by atoms with E-state index in [2.05, 4.69) is 4.90 Å². The molecule has 1 amide bonds. The zero-order valence-electron chi connectivity index (χ0n) is 12.9. The first-order chi connectivity index (χ1) is 9.49. The number of piperazine rings is 1. The van der Waals surface area contributed by atoms with Gasteiger partial charge in [-0.1, -0.05) is 13.8 Å². The Labute approximate surface area is 143 Å². The minimum Gasteiger partial charge on any atom is -0.368 e. The number of rotatable bonds is 3. The molecule has 126 valence electrons. The van der Waals surface area contributed by atoms with Gasteiger partial charge >= 0.3 is 0 Å². The van der Waals surface area contributed by atoms with Gasteiger partial charge in [-0.05, 0) is 30.2 Å². The molecule has 0 aliphatic carbocycles. The number of amides is 1. The van der Waals surface area contributed by atoms with Crippen molar-refractivity contribution in [3.8, 4) is 0 Å². The maximum absolute atomic E-state index is 12.9. The number of carbonyl (C=O) groups is 1. The van der Waals surface area contributed by atoms with Gasteiger partial charge in [-0.15, -0.1) is 24.8 Å². The van der Waals surface area contributed by atoms with Gasteiger partial charge in [0, 0.05) is 31.9 Å². The van der Waals surface area contributed by atoms with Crippen molar-refractivity contribution in [2.75, 3.05) is 31.1 Å². The molecule has 22 heavy (non-hydrogen) atoms. The Hall–Kier alpha value is -1.04. The van der Waals surface area contributed by atoms with E-state index in [1.54, 1.807) is 12.1 Å². The molecule has 1 aromatic carbocycles. The molecule has 1 aromatic rings. The molecule has 0 saturated carbocycles. The standard InChI is InChI=1S/C15H22FN3O.2ClH/c1-11(2)14(17)15(20)19-9-7-18(8-10-19)13-5-3-12(16)4-6-13;;/h3-6,11,14H,7-10,17H2,1-2H3;2*1H/t14-;;/m1../s1. The second-order valence-corrected chi connectivity index (χ2v) is 5.56. The molecule has 4 nitrogen and oxygen atoms in total. The molecule has 2 N–H and O–H groups in total. The summed E-state index contributed by atoms with van der Waals surface area (Å²) in [6.45, 7) is 6.74. The van der Waals surface area contributed by atoms with Gasteiger partial charge < -0.3 is 15.5 Å². The summed E-state index contributed by atoms with van der Waals surface area (Å²) in [5.41, 5.74) is 6.90. The molecule has 7 heteroatoms. The maximum atomic E-state index is 12.9. The number of anilines is 1. The molecule has 0 aromatic heterocycles. The van der Waals surface area contributed by atoms with Crippen molar-refractivity contribution in [2.45, 2.75) is 19.9 Å². The van der Waals surface area contributed by atoms with Crippen molar-refractivity contribution in [3.63, 3.8) is 0 Å². The summed E-state index contributed by atoms with van der Waals surface area (Å²) in [6.07, 6.45) is 0. The molecule has 0 bridgehead atoms. The van der Waals surface area contributed by atoms with Crippen LogP contribution in [0.25, 0.3) is 0 Å². The Morgan fingerprint density at radius 2 is 1.59 bits per heavy atom. The monoisotopic (exact) mass is 351 g/mol. The lowest BCUT2D eigenvalue weighted by Gasteiger charge is -2.37. The van der Waals surface area contributed by atoms with Gasteiger partial charge in [0.05, 0.1) is 6.04 Å². The molecular formula is C15H24Cl2FN3O. The summed E-state index contributed by atoms with van der Waals surface area (Å²) in [4.78, 5) is 16.1. The molecule has 1 aliphatic heterocycles. The summed E-state index contributed by atoms with van der Waals surface area (Å²) < 4.78 is 12.9. The molecule has 0 unspecified atom stereocenters. The van der Waals surface area contributed by atoms with E-state index >= 15 is 0 Å². The molecule has 0 spiro atoms. The largest absolute Gasteiger partial charge is 0.368 e. The Morgan fingerprint density at radius 1 is 1.09 bits per heavy atom. The average Bonchev–Trinajstić information content (AvgIpc) is 2.46. The highest BCUT2D eigenvalue weighted by atomic mass is 35.5. The van der Waals surface area contributed by atoms with E-state index in [4.69, 9.17) is 5.73 Å². The second-order valence-electron chi connectivity index (χ2n) is 5.56. The van der Waals surface area contributed by atoms with Crippen molar-refractivity contribution in [1.29, 1.82) is 0 Å². The Balaban J connectivity index is 0.00000220. The predicted octanol–water partition coefficient (Wildman–Crippen LogP) is 2.30. The van der Waals surface area contributed by atoms with Gasteiger partial charge in [-0.3, -0.25) is 4.79 Å². The minimum atomic E-state index is -0.424. The first-order valence-electron chi connectivity index (χ1n) is 7.04. The lowest BCUT2D eigenvalue weighted by atomic mass is 10.0. The van der Waals surface area contributed by atoms with E-state index in [1.165, 1.54) is 12.1 Å². The van der Waals surface area contributed by atoms with Crippen LogP contribution in [0.1, 0.15) is 13.8 Å². The van der Waals surface area contributed by atoms with Gasteiger partial charge in [0.2, 0.25) is 5.91 Å². The van der Waals surface area contributed by atoms with Crippen molar-refractivity contribution < 1.29 is 9.18 Å². The highest BCUT2D eigenvalue weighted by Crippen LogP contribution is 2.17. The Kier molecular flexibility index (Phi) is 8.74. The van der Waals surface area contributed by atoms with Crippen LogP contribution in [-0.2, 0) is 4.79 Å². The van der Waals surface area contributed by atoms with Crippen LogP contribution in [0.5, 0.6) is 0 Å². The Morgan fingerprint density at radius 3 is 2.05 bits per heavy atom. The van der Waals surface area contributed by atoms with Gasteiger partial charge in [0.25, 0.3) is 0 Å². The molecule has 2 rings (SSSR count). The third-order valence-electron chi connectivity index (χ3n) is 3.79. The molecule has 1 heterocycles. The molecule has 1 fully saturated rings. The van der Waals surface area contributed by atoms with Gasteiger partial charge in [-0.2, -0.15) is 0 Å². The van der Waals surface area contributed by atoms with Crippen LogP contribution in [0.15, 0.2) is 24.3 Å². The molecule has 1 aliphatic rings. The minimum absolute atomic E-state index is 0. The third-order valence-corrected chi connectivity index (χ3v) is 3.79. The van der Waals surface area contributed by atoms with E-state index in [0.717, 1.165) is 18.8 Å². The van der Waals surface area contributed by atoms with Gasteiger partial charge in [-0.25, -0.2) is 4.39 Å². The third kappa shape index (κ3) is 5.00. The summed E-state index contributed by atoms with van der Waals surface area (Å²) in [5.74, 6) is -0.0538. The number of benzene rings is 1. The van der Waals surface area contributed by atoms with Crippen molar-refractivity contribution in [2.24, 2.45) is 11.7 Å². The second kappa shape index (κ2) is 9.18. The zero-order chi connectivity index (χ0) is 14.7. The maximum Gasteiger partial charge on any atom is 0.239 e. The fourth-order valence-corrected chi connectivity index (χ4v) is 2.33. The Bertz CT molecular complexity index is 462. The van der Waals surface area contributed by atoms with E-state index in [1.807, 2.05) is 18.7 Å². The summed E-state index contributed by atoms with van der Waals surface area (Å²) in [5, 5.41) is 0. The SMILES string of the molecule is CC(C)[C@@H](N)C(=O)N1CCN(c2ccc(F)cc2)CC1.Cl.Cl. The highest BCUT2D eigenvalue weighted by Gasteiger charge is 2.26. The number of nitrogens with zero attached hydrogens (tertiary/aromatic N) is 2. The van der Waals surface area contributed by atoms with Gasteiger partial charge in [0.15, 0.2) is 0 Å². The number of halogens is 3. The van der Waals surface area contributed by atoms with E-state index < -0.39 is 6.04 Å². The van der Waals surface area contributed by atoms with Crippen LogP contribution in [0.4, 0.5) is 10.1 Å². The van der Waals surface area contributed by atoms with Crippen LogP contribution in [0.3, 0.4) is 0 Å². The van der Waals surface area contributed by atoms with E-state index in [9.17, 15) is 9.18 Å². The number of hydrogen-bond donors (Lipinski definition) is 1. The summed E-state index contributed by atoms with van der Waals surface area (Å²) >= 11 is 0. The fourth-order valence-electron chi connectivity index (χ4n) is 2.33. The smallest absolute Gasteiger partial charge is 0.239 e. The van der Waals surface area contributed by atoms with Crippen LogP contribution in [0, 0.1) is 11.7 Å². The number of nitrogens with two attached hydrogens (primary N) is 1. The van der Waals surface area contributed by atoms with E-state index in [0.29, 0.717) is 13.1 Å².